The van der Waals surface area contributed by atoms with Gasteiger partial charge in [0.1, 0.15) is 17.2 Å². The van der Waals surface area contributed by atoms with Crippen molar-refractivity contribution in [2.45, 2.75) is 0 Å². The molecule has 0 bridgehead atoms. The van der Waals surface area contributed by atoms with E-state index in [0.717, 1.165) is 12.1 Å². The van der Waals surface area contributed by atoms with Gasteiger partial charge in [0.25, 0.3) is 11.8 Å². The van der Waals surface area contributed by atoms with Crippen LogP contribution in [0, 0.1) is 11.6 Å². The van der Waals surface area contributed by atoms with E-state index in [1.807, 2.05) is 0 Å². The summed E-state index contributed by atoms with van der Waals surface area (Å²) in [5, 5.41) is 9.04. The van der Waals surface area contributed by atoms with Crippen LogP contribution in [0.25, 0.3) is 0 Å². The van der Waals surface area contributed by atoms with Crippen LogP contribution in [-0.2, 0) is 7.05 Å². The second kappa shape index (κ2) is 7.87. The van der Waals surface area contributed by atoms with Gasteiger partial charge in [-0.3, -0.25) is 14.3 Å². The molecule has 0 atom stereocenters. The predicted molar refractivity (Wildman–Crippen MR) is 98.5 cm³/mol. The van der Waals surface area contributed by atoms with Crippen LogP contribution >= 0.6 is 0 Å². The fourth-order valence-electron chi connectivity index (χ4n) is 2.46. The van der Waals surface area contributed by atoms with Gasteiger partial charge in [0.15, 0.2) is 0 Å². The summed E-state index contributed by atoms with van der Waals surface area (Å²) in [6.07, 6.45) is 1.52. The van der Waals surface area contributed by atoms with Crippen molar-refractivity contribution in [1.82, 2.24) is 9.78 Å². The van der Waals surface area contributed by atoms with Gasteiger partial charge in [-0.25, -0.2) is 8.78 Å². The fraction of sp³-hybridized carbons (Fsp3) is 0.105. The molecule has 2 aromatic carbocycles. The van der Waals surface area contributed by atoms with E-state index in [9.17, 15) is 18.4 Å². The number of nitrogens with one attached hydrogen (secondary N) is 2. The Labute approximate surface area is 158 Å². The van der Waals surface area contributed by atoms with Crippen LogP contribution in [0.1, 0.15) is 20.7 Å². The minimum atomic E-state index is -0.873. The Morgan fingerprint density at radius 1 is 1.04 bits per heavy atom. The van der Waals surface area contributed by atoms with E-state index in [0.29, 0.717) is 11.8 Å². The number of benzene rings is 2. The maximum atomic E-state index is 13.6. The van der Waals surface area contributed by atoms with Crippen molar-refractivity contribution in [2.75, 3.05) is 17.7 Å². The number of aryl methyl sites for hydroxylation is 1. The zero-order valence-corrected chi connectivity index (χ0v) is 15.0. The lowest BCUT2D eigenvalue weighted by atomic mass is 10.1. The maximum absolute atomic E-state index is 13.6. The third kappa shape index (κ3) is 4.14. The number of carbonyl (C=O) groups excluding carboxylic acids is 2. The van der Waals surface area contributed by atoms with Crippen LogP contribution in [0.4, 0.5) is 20.2 Å². The molecule has 144 valence electrons. The quantitative estimate of drug-likeness (QED) is 0.705. The number of carbonyl (C=O) groups is 2. The van der Waals surface area contributed by atoms with Gasteiger partial charge in [0.05, 0.1) is 12.8 Å². The summed E-state index contributed by atoms with van der Waals surface area (Å²) in [6.45, 7) is 0. The van der Waals surface area contributed by atoms with E-state index < -0.39 is 23.4 Å². The molecule has 0 radical (unpaired) electrons. The molecule has 0 aliphatic carbocycles. The van der Waals surface area contributed by atoms with Crippen molar-refractivity contribution < 1.29 is 23.1 Å². The molecule has 0 aliphatic rings. The summed E-state index contributed by atoms with van der Waals surface area (Å²) < 4.78 is 33.1. The molecule has 7 nitrogen and oxygen atoms in total. The standard InChI is InChI=1S/C19H16F2N4O3/c1-25-10-14(19(24-25)28-2)18(27)22-13-6-3-11(4-7-13)17(26)23-16-8-5-12(20)9-15(16)21/h3-10H,1-2H3,(H,22,27)(H,23,26). The summed E-state index contributed by atoms with van der Waals surface area (Å²) in [5.74, 6) is -2.41. The number of amides is 2. The lowest BCUT2D eigenvalue weighted by Crippen LogP contribution is -2.14. The lowest BCUT2D eigenvalue weighted by Gasteiger charge is -2.08. The molecule has 9 heteroatoms. The molecule has 3 aromatic rings. The maximum Gasteiger partial charge on any atom is 0.262 e. The Bertz CT molecular complexity index is 1030. The minimum Gasteiger partial charge on any atom is -0.479 e. The van der Waals surface area contributed by atoms with Crippen LogP contribution in [0.5, 0.6) is 5.88 Å². The molecule has 2 N–H and O–H groups in total. The number of aromatic nitrogens is 2. The Hall–Kier alpha value is -3.75. The van der Waals surface area contributed by atoms with E-state index >= 15 is 0 Å². The van der Waals surface area contributed by atoms with Gasteiger partial charge in [0, 0.05) is 30.6 Å². The fourth-order valence-corrected chi connectivity index (χ4v) is 2.46. The molecule has 0 fully saturated rings. The number of hydrogen-bond donors (Lipinski definition) is 2. The molecule has 2 amide bonds. The van der Waals surface area contributed by atoms with E-state index in [1.54, 1.807) is 7.05 Å². The number of methoxy groups -OCH3 is 1. The van der Waals surface area contributed by atoms with Gasteiger partial charge < -0.3 is 15.4 Å². The highest BCUT2D eigenvalue weighted by molar-refractivity contribution is 6.07. The van der Waals surface area contributed by atoms with Crippen molar-refractivity contribution in [3.8, 4) is 5.88 Å². The third-order valence-electron chi connectivity index (χ3n) is 3.82. The zero-order valence-electron chi connectivity index (χ0n) is 15.0. The molecule has 0 aliphatic heterocycles. The Morgan fingerprint density at radius 2 is 1.75 bits per heavy atom. The number of hydrogen-bond acceptors (Lipinski definition) is 4. The number of ether oxygens (including phenoxy) is 1. The monoisotopic (exact) mass is 386 g/mol. The highest BCUT2D eigenvalue weighted by Crippen LogP contribution is 2.19. The molecule has 0 saturated carbocycles. The number of anilines is 2. The van der Waals surface area contributed by atoms with Gasteiger partial charge in [0.2, 0.25) is 5.88 Å². The SMILES string of the molecule is COc1nn(C)cc1C(=O)Nc1ccc(C(=O)Nc2ccc(F)cc2F)cc1. The van der Waals surface area contributed by atoms with Gasteiger partial charge in [-0.15, -0.1) is 5.10 Å². The Kier molecular flexibility index (Phi) is 5.35. The summed E-state index contributed by atoms with van der Waals surface area (Å²) in [7, 11) is 3.08. The topological polar surface area (TPSA) is 85.2 Å². The molecular weight excluding hydrogens is 370 g/mol. The van der Waals surface area contributed by atoms with Crippen LogP contribution < -0.4 is 15.4 Å². The largest absolute Gasteiger partial charge is 0.479 e. The molecule has 0 saturated heterocycles. The summed E-state index contributed by atoms with van der Waals surface area (Å²) in [4.78, 5) is 24.5. The first kappa shape index (κ1) is 19.0. The summed E-state index contributed by atoms with van der Waals surface area (Å²) in [5.41, 5.74) is 0.812. The summed E-state index contributed by atoms with van der Waals surface area (Å²) >= 11 is 0. The highest BCUT2D eigenvalue weighted by atomic mass is 19.1. The molecule has 28 heavy (non-hydrogen) atoms. The summed E-state index contributed by atoms with van der Waals surface area (Å²) in [6, 6.07) is 8.84. The smallest absolute Gasteiger partial charge is 0.262 e. The Morgan fingerprint density at radius 3 is 2.39 bits per heavy atom. The Balaban J connectivity index is 1.69. The molecule has 0 unspecified atom stereocenters. The lowest BCUT2D eigenvalue weighted by molar-refractivity contribution is 0.101. The minimum absolute atomic E-state index is 0.132. The first-order chi connectivity index (χ1) is 13.4. The molecule has 1 aromatic heterocycles. The van der Waals surface area contributed by atoms with E-state index in [2.05, 4.69) is 15.7 Å². The van der Waals surface area contributed by atoms with Crippen molar-refractivity contribution in [2.24, 2.45) is 7.05 Å². The van der Waals surface area contributed by atoms with Crippen molar-refractivity contribution >= 4 is 23.2 Å². The molecule has 3 rings (SSSR count). The second-order valence-electron chi connectivity index (χ2n) is 5.84. The van der Waals surface area contributed by atoms with Gasteiger partial charge in [-0.1, -0.05) is 0 Å². The first-order valence-corrected chi connectivity index (χ1v) is 8.13. The highest BCUT2D eigenvalue weighted by Gasteiger charge is 2.17. The normalized spacial score (nSPS) is 10.4. The third-order valence-corrected chi connectivity index (χ3v) is 3.82. The van der Waals surface area contributed by atoms with Crippen molar-refractivity contribution in [3.63, 3.8) is 0 Å². The van der Waals surface area contributed by atoms with Crippen molar-refractivity contribution in [3.05, 3.63) is 71.4 Å². The van der Waals surface area contributed by atoms with E-state index in [-0.39, 0.29) is 22.7 Å². The second-order valence-corrected chi connectivity index (χ2v) is 5.84. The average Bonchev–Trinajstić information content (AvgIpc) is 3.05. The molecule has 0 spiro atoms. The van der Waals surface area contributed by atoms with Gasteiger partial charge >= 0.3 is 0 Å². The molecule has 1 heterocycles. The van der Waals surface area contributed by atoms with Crippen LogP contribution in [0.3, 0.4) is 0 Å². The molecular formula is C19H16F2N4O3. The van der Waals surface area contributed by atoms with E-state index in [1.165, 1.54) is 42.3 Å². The van der Waals surface area contributed by atoms with Crippen molar-refractivity contribution in [1.29, 1.82) is 0 Å². The van der Waals surface area contributed by atoms with E-state index in [4.69, 9.17) is 4.74 Å². The zero-order chi connectivity index (χ0) is 20.3. The number of nitrogens with zero attached hydrogens (tertiary/aromatic N) is 2. The van der Waals surface area contributed by atoms with Crippen LogP contribution in [-0.4, -0.2) is 28.7 Å². The number of halogens is 2. The van der Waals surface area contributed by atoms with Gasteiger partial charge in [-0.2, -0.15) is 0 Å². The van der Waals surface area contributed by atoms with Gasteiger partial charge in [-0.05, 0) is 36.4 Å². The number of rotatable bonds is 5. The predicted octanol–water partition coefficient (Wildman–Crippen LogP) is 3.21. The van der Waals surface area contributed by atoms with Crippen LogP contribution in [0.15, 0.2) is 48.7 Å². The first-order valence-electron chi connectivity index (χ1n) is 8.13. The average molecular weight is 386 g/mol. The van der Waals surface area contributed by atoms with Crippen LogP contribution in [0.2, 0.25) is 0 Å².